The van der Waals surface area contributed by atoms with E-state index in [1.54, 1.807) is 24.3 Å². The summed E-state index contributed by atoms with van der Waals surface area (Å²) in [4.78, 5) is 7.65. The Bertz CT molecular complexity index is 1040. The van der Waals surface area contributed by atoms with Crippen LogP contribution in [0.3, 0.4) is 0 Å². The monoisotopic (exact) mass is 434 g/mol. The highest BCUT2D eigenvalue weighted by atomic mass is 19.4. The first-order valence-electron chi connectivity index (χ1n) is 9.56. The molecule has 2 aliphatic heterocycles. The highest BCUT2D eigenvalue weighted by molar-refractivity contribution is 5.91. The highest BCUT2D eigenvalue weighted by Crippen LogP contribution is 2.48. The Labute approximate surface area is 177 Å². The van der Waals surface area contributed by atoms with Crippen molar-refractivity contribution in [3.8, 4) is 17.2 Å². The lowest BCUT2D eigenvalue weighted by Crippen LogP contribution is -2.45. The van der Waals surface area contributed by atoms with Gasteiger partial charge in [-0.25, -0.2) is 0 Å². The molecule has 2 aromatic rings. The van der Waals surface area contributed by atoms with Crippen LogP contribution in [0, 0.1) is 0 Å². The number of rotatable bonds is 5. The molecule has 9 heteroatoms. The first-order chi connectivity index (χ1) is 14.7. The fourth-order valence-electron chi connectivity index (χ4n) is 4.22. The molecule has 4 rings (SSSR count). The van der Waals surface area contributed by atoms with Gasteiger partial charge in [-0.05, 0) is 47.9 Å². The minimum absolute atomic E-state index is 0.00737. The molecule has 0 aliphatic carbocycles. The molecule has 3 atom stereocenters. The van der Waals surface area contributed by atoms with Gasteiger partial charge in [0.1, 0.15) is 5.75 Å². The molecule has 0 saturated carbocycles. The van der Waals surface area contributed by atoms with E-state index in [1.165, 1.54) is 25.3 Å². The predicted octanol–water partition coefficient (Wildman–Crippen LogP) is 4.86. The maximum atomic E-state index is 12.6. The molecule has 0 unspecified atom stereocenters. The zero-order valence-electron chi connectivity index (χ0n) is 16.9. The molecule has 6 nitrogen and oxygen atoms in total. The number of aromatic hydroxyl groups is 1. The van der Waals surface area contributed by atoms with E-state index in [9.17, 15) is 18.3 Å². The lowest BCUT2D eigenvalue weighted by molar-refractivity contribution is -0.274. The summed E-state index contributed by atoms with van der Waals surface area (Å²) in [6, 6.07) is 8.86. The zero-order chi connectivity index (χ0) is 22.3. The molecule has 1 N–H and O–H groups in total. The van der Waals surface area contributed by atoms with Crippen molar-refractivity contribution in [1.82, 2.24) is 4.90 Å². The Hall–Kier alpha value is -3.20. The maximum absolute atomic E-state index is 12.6. The van der Waals surface area contributed by atoms with Crippen LogP contribution >= 0.6 is 0 Å². The number of oxime groups is 1. The number of methoxy groups -OCH3 is 1. The Morgan fingerprint density at radius 2 is 2.03 bits per heavy atom. The summed E-state index contributed by atoms with van der Waals surface area (Å²) in [6.07, 6.45) is -3.55. The first kappa shape index (κ1) is 21.0. The molecule has 164 valence electrons. The number of nitrogens with zero attached hydrogens (tertiary/aromatic N) is 2. The van der Waals surface area contributed by atoms with Crippen LogP contribution in [0.1, 0.15) is 35.6 Å². The van der Waals surface area contributed by atoms with E-state index in [2.05, 4.69) is 16.5 Å². The van der Waals surface area contributed by atoms with Gasteiger partial charge in [0.2, 0.25) is 0 Å². The van der Waals surface area contributed by atoms with E-state index in [1.807, 2.05) is 11.8 Å². The number of ether oxygens (including phenoxy) is 2. The summed E-state index contributed by atoms with van der Waals surface area (Å²) in [5, 5.41) is 14.4. The van der Waals surface area contributed by atoms with Gasteiger partial charge in [0, 0.05) is 6.54 Å². The molecule has 0 spiro atoms. The number of hydrogen-bond acceptors (Lipinski definition) is 6. The molecule has 2 aliphatic rings. The average molecular weight is 434 g/mol. The number of hydrogen-bond donors (Lipinski definition) is 1. The molecule has 0 fully saturated rings. The third kappa shape index (κ3) is 3.93. The normalized spacial score (nSPS) is 22.7. The van der Waals surface area contributed by atoms with Crippen LogP contribution < -0.4 is 9.47 Å². The van der Waals surface area contributed by atoms with Gasteiger partial charge < -0.3 is 19.4 Å². The maximum Gasteiger partial charge on any atom is 0.573 e. The van der Waals surface area contributed by atoms with Gasteiger partial charge in [-0.2, -0.15) is 0 Å². The molecule has 0 bridgehead atoms. The van der Waals surface area contributed by atoms with Crippen molar-refractivity contribution in [3.05, 3.63) is 65.7 Å². The van der Waals surface area contributed by atoms with Crippen LogP contribution in [0.5, 0.6) is 17.2 Å². The van der Waals surface area contributed by atoms with Crippen LogP contribution in [0.4, 0.5) is 13.2 Å². The van der Waals surface area contributed by atoms with Gasteiger partial charge in [0.05, 0.1) is 24.8 Å². The molecule has 0 aromatic heterocycles. The zero-order valence-corrected chi connectivity index (χ0v) is 16.9. The smallest absolute Gasteiger partial charge is 0.504 e. The summed E-state index contributed by atoms with van der Waals surface area (Å²) in [5.41, 5.74) is 3.04. The third-order valence-electron chi connectivity index (χ3n) is 5.48. The average Bonchev–Trinajstić information content (AvgIpc) is 3.09. The Kier molecular flexibility index (Phi) is 5.30. The van der Waals surface area contributed by atoms with Crippen molar-refractivity contribution >= 4 is 5.71 Å². The van der Waals surface area contributed by atoms with E-state index >= 15 is 0 Å². The van der Waals surface area contributed by atoms with Crippen molar-refractivity contribution in [2.24, 2.45) is 5.16 Å². The number of halogens is 3. The van der Waals surface area contributed by atoms with E-state index in [0.29, 0.717) is 11.3 Å². The summed E-state index contributed by atoms with van der Waals surface area (Å²) in [6.45, 7) is 6.04. The lowest BCUT2D eigenvalue weighted by Gasteiger charge is -2.42. The van der Waals surface area contributed by atoms with E-state index in [4.69, 9.17) is 9.57 Å². The Morgan fingerprint density at radius 1 is 1.26 bits per heavy atom. The molecule has 31 heavy (non-hydrogen) atoms. The van der Waals surface area contributed by atoms with E-state index in [0.717, 1.165) is 16.8 Å². The fourth-order valence-corrected chi connectivity index (χ4v) is 4.22. The number of alkyl halides is 3. The second kappa shape index (κ2) is 7.81. The van der Waals surface area contributed by atoms with E-state index < -0.39 is 12.6 Å². The SMILES string of the molecule is C=C[C@@H]1c2cc(OC)c(O)cc2[C@H]2C(C)=NO[C@H]2N1Cc1cccc(OC(F)(F)F)c1. The second-order valence-corrected chi connectivity index (χ2v) is 7.41. The van der Waals surface area contributed by atoms with Gasteiger partial charge >= 0.3 is 6.36 Å². The van der Waals surface area contributed by atoms with E-state index in [-0.39, 0.29) is 30.0 Å². The molecule has 2 aromatic carbocycles. The quantitative estimate of drug-likeness (QED) is 0.681. The van der Waals surface area contributed by atoms with Crippen molar-refractivity contribution in [2.45, 2.75) is 38.0 Å². The summed E-state index contributed by atoms with van der Waals surface area (Å²) < 4.78 is 47.2. The van der Waals surface area contributed by atoms with Crippen LogP contribution in [-0.2, 0) is 11.4 Å². The fraction of sp³-hybridized carbons (Fsp3) is 0.318. The third-order valence-corrected chi connectivity index (χ3v) is 5.48. The van der Waals surface area contributed by atoms with Gasteiger partial charge in [0.25, 0.3) is 0 Å². The van der Waals surface area contributed by atoms with Crippen LogP contribution in [-0.4, -0.2) is 35.4 Å². The largest absolute Gasteiger partial charge is 0.573 e. The molecular weight excluding hydrogens is 413 g/mol. The number of phenolic OH excluding ortho intramolecular Hbond substituents is 1. The molecule has 2 heterocycles. The number of benzene rings is 2. The Balaban J connectivity index is 1.73. The number of phenols is 1. The summed E-state index contributed by atoms with van der Waals surface area (Å²) in [7, 11) is 1.46. The molecule has 0 radical (unpaired) electrons. The van der Waals surface area contributed by atoms with Crippen molar-refractivity contribution in [2.75, 3.05) is 7.11 Å². The Morgan fingerprint density at radius 3 is 2.71 bits per heavy atom. The van der Waals surface area contributed by atoms with Crippen molar-refractivity contribution < 1.29 is 32.6 Å². The lowest BCUT2D eigenvalue weighted by atomic mass is 9.81. The molecule has 0 saturated heterocycles. The van der Waals surface area contributed by atoms with Crippen molar-refractivity contribution in [3.63, 3.8) is 0 Å². The van der Waals surface area contributed by atoms with Gasteiger partial charge in [-0.3, -0.25) is 4.90 Å². The van der Waals surface area contributed by atoms with Crippen LogP contribution in [0.15, 0.2) is 54.2 Å². The first-order valence-corrected chi connectivity index (χ1v) is 9.56. The number of fused-ring (bicyclic) bond motifs is 3. The van der Waals surface area contributed by atoms with Crippen molar-refractivity contribution in [1.29, 1.82) is 0 Å². The van der Waals surface area contributed by atoms with Gasteiger partial charge in [-0.15, -0.1) is 19.8 Å². The van der Waals surface area contributed by atoms with Crippen LogP contribution in [0.25, 0.3) is 0 Å². The molecule has 0 amide bonds. The minimum atomic E-state index is -4.77. The highest BCUT2D eigenvalue weighted by Gasteiger charge is 2.46. The van der Waals surface area contributed by atoms with Gasteiger partial charge in [0.15, 0.2) is 17.7 Å². The minimum Gasteiger partial charge on any atom is -0.504 e. The standard InChI is InChI=1S/C22H21F3N2O4/c1-4-17-15-10-19(29-3)18(28)9-16(15)20-12(2)26-31-21(20)27(17)11-13-6-5-7-14(8-13)30-22(23,24)25/h4-10,17,20-21,28H,1,11H2,2-3H3/t17-,20-,21-/m1/s1. The topological polar surface area (TPSA) is 63.5 Å². The second-order valence-electron chi connectivity index (χ2n) is 7.41. The summed E-state index contributed by atoms with van der Waals surface area (Å²) >= 11 is 0. The molecular formula is C22H21F3N2O4. The predicted molar refractivity (Wildman–Crippen MR) is 107 cm³/mol. The summed E-state index contributed by atoms with van der Waals surface area (Å²) in [5.74, 6) is -0.218. The van der Waals surface area contributed by atoms with Crippen LogP contribution in [0.2, 0.25) is 0 Å². The van der Waals surface area contributed by atoms with Gasteiger partial charge in [-0.1, -0.05) is 23.4 Å².